The van der Waals surface area contributed by atoms with Crippen molar-refractivity contribution < 1.29 is 17.6 Å². The second-order valence-corrected chi connectivity index (χ2v) is 7.98. The van der Waals surface area contributed by atoms with Gasteiger partial charge in [0.05, 0.1) is 30.7 Å². The Morgan fingerprint density at radius 2 is 2.12 bits per heavy atom. The summed E-state index contributed by atoms with van der Waals surface area (Å²) in [5.74, 6) is -0.859. The number of nitrogens with one attached hydrogen (secondary N) is 1. The van der Waals surface area contributed by atoms with E-state index < -0.39 is 15.8 Å². The topological polar surface area (TPSA) is 84.3 Å². The van der Waals surface area contributed by atoms with Gasteiger partial charge in [-0.05, 0) is 30.7 Å². The zero-order valence-corrected chi connectivity index (χ0v) is 14.6. The smallest absolute Gasteiger partial charge is 0.251 e. The monoisotopic (exact) mass is 366 g/mol. The highest BCUT2D eigenvalue weighted by Gasteiger charge is 2.22. The maximum atomic E-state index is 13.2. The first-order chi connectivity index (χ1) is 11.8. The Morgan fingerprint density at radius 3 is 2.84 bits per heavy atom. The predicted molar refractivity (Wildman–Crippen MR) is 89.7 cm³/mol. The van der Waals surface area contributed by atoms with Gasteiger partial charge in [0.15, 0.2) is 0 Å². The van der Waals surface area contributed by atoms with Crippen LogP contribution in [0.25, 0.3) is 0 Å². The van der Waals surface area contributed by atoms with E-state index in [4.69, 9.17) is 0 Å². The van der Waals surface area contributed by atoms with Gasteiger partial charge in [0.1, 0.15) is 5.82 Å². The molecule has 0 spiro atoms. The largest absolute Gasteiger partial charge is 0.346 e. The lowest BCUT2D eigenvalue weighted by Crippen LogP contribution is -2.29. The molecule has 1 N–H and O–H groups in total. The van der Waals surface area contributed by atoms with Crippen LogP contribution in [0.15, 0.2) is 30.3 Å². The van der Waals surface area contributed by atoms with Crippen LogP contribution in [0, 0.1) is 5.82 Å². The number of rotatable bonds is 4. The number of halogens is 1. The van der Waals surface area contributed by atoms with Gasteiger partial charge in [0, 0.05) is 18.7 Å². The minimum absolute atomic E-state index is 0.189. The van der Waals surface area contributed by atoms with Gasteiger partial charge in [-0.25, -0.2) is 12.8 Å². The zero-order valence-electron chi connectivity index (χ0n) is 13.8. The van der Waals surface area contributed by atoms with E-state index >= 15 is 0 Å². The number of amides is 1. The average Bonchev–Trinajstić information content (AvgIpc) is 2.81. The lowest BCUT2D eigenvalue weighted by Gasteiger charge is -2.16. The molecule has 134 valence electrons. The Labute approximate surface area is 145 Å². The number of hydrogen-bond donors (Lipinski definition) is 1. The summed E-state index contributed by atoms with van der Waals surface area (Å²) in [7, 11) is -3.26. The van der Waals surface area contributed by atoms with Gasteiger partial charge >= 0.3 is 0 Å². The molecule has 1 aromatic carbocycles. The molecule has 0 atom stereocenters. The predicted octanol–water partition coefficient (Wildman–Crippen LogP) is 1.12. The molecule has 1 aromatic heterocycles. The van der Waals surface area contributed by atoms with E-state index in [0.29, 0.717) is 25.2 Å². The number of hydrogen-bond acceptors (Lipinski definition) is 4. The molecule has 0 unspecified atom stereocenters. The normalized spacial score (nSPS) is 15.4. The van der Waals surface area contributed by atoms with Crippen molar-refractivity contribution in [3.05, 3.63) is 53.1 Å². The van der Waals surface area contributed by atoms with E-state index in [2.05, 4.69) is 10.4 Å². The summed E-state index contributed by atoms with van der Waals surface area (Å²) in [5.41, 5.74) is 1.66. The molecule has 0 bridgehead atoms. The summed E-state index contributed by atoms with van der Waals surface area (Å²) >= 11 is 0. The summed E-state index contributed by atoms with van der Waals surface area (Å²) in [6.07, 6.45) is 1.87. The highest BCUT2D eigenvalue weighted by molar-refractivity contribution is 7.88. The van der Waals surface area contributed by atoms with Gasteiger partial charge in [0.25, 0.3) is 5.91 Å². The molecule has 3 rings (SSSR count). The minimum atomic E-state index is -3.26. The molecule has 2 aromatic rings. The molecule has 9 heteroatoms. The number of aromatic nitrogens is 2. The average molecular weight is 366 g/mol. The molecular weight excluding hydrogens is 347 g/mol. The van der Waals surface area contributed by atoms with E-state index in [1.165, 1.54) is 34.8 Å². The van der Waals surface area contributed by atoms with Crippen molar-refractivity contribution in [2.75, 3.05) is 12.8 Å². The van der Waals surface area contributed by atoms with Gasteiger partial charge in [0.2, 0.25) is 10.0 Å². The summed E-state index contributed by atoms with van der Waals surface area (Å²) in [6, 6.07) is 7.24. The highest BCUT2D eigenvalue weighted by Crippen LogP contribution is 2.16. The van der Waals surface area contributed by atoms with E-state index in [0.717, 1.165) is 5.69 Å². The quantitative estimate of drug-likeness (QED) is 0.879. The number of carbonyl (C=O) groups excluding carboxylic acids is 1. The van der Waals surface area contributed by atoms with Gasteiger partial charge in [-0.15, -0.1) is 0 Å². The molecule has 2 heterocycles. The van der Waals surface area contributed by atoms with Crippen molar-refractivity contribution >= 4 is 15.9 Å². The number of fused-ring (bicyclic) bond motifs is 1. The van der Waals surface area contributed by atoms with Crippen LogP contribution in [-0.4, -0.2) is 41.2 Å². The van der Waals surface area contributed by atoms with Gasteiger partial charge in [-0.1, -0.05) is 6.07 Å². The number of benzene rings is 1. The van der Waals surface area contributed by atoms with Crippen LogP contribution < -0.4 is 5.32 Å². The Kier molecular flexibility index (Phi) is 4.87. The van der Waals surface area contributed by atoms with Gasteiger partial charge in [-0.2, -0.15) is 9.40 Å². The van der Waals surface area contributed by atoms with Crippen LogP contribution in [0.4, 0.5) is 4.39 Å². The Balaban J connectivity index is 1.68. The third-order valence-corrected chi connectivity index (χ3v) is 5.27. The van der Waals surface area contributed by atoms with Crippen LogP contribution in [-0.2, 0) is 29.7 Å². The summed E-state index contributed by atoms with van der Waals surface area (Å²) in [6.45, 7) is 1.55. The third-order valence-electron chi connectivity index (χ3n) is 4.02. The first kappa shape index (κ1) is 17.6. The van der Waals surface area contributed by atoms with Crippen LogP contribution >= 0.6 is 0 Å². The first-order valence-electron chi connectivity index (χ1n) is 7.87. The van der Waals surface area contributed by atoms with Crippen LogP contribution in [0.1, 0.15) is 28.2 Å². The molecule has 1 aliphatic heterocycles. The first-order valence-corrected chi connectivity index (χ1v) is 9.72. The van der Waals surface area contributed by atoms with Crippen LogP contribution in [0.3, 0.4) is 0 Å². The zero-order chi connectivity index (χ0) is 18.0. The van der Waals surface area contributed by atoms with E-state index in [1.54, 1.807) is 10.7 Å². The molecule has 0 saturated heterocycles. The number of nitrogens with zero attached hydrogens (tertiary/aromatic N) is 3. The Morgan fingerprint density at radius 1 is 1.32 bits per heavy atom. The minimum Gasteiger partial charge on any atom is -0.346 e. The second-order valence-electron chi connectivity index (χ2n) is 5.99. The van der Waals surface area contributed by atoms with E-state index in [1.807, 2.05) is 0 Å². The van der Waals surface area contributed by atoms with Crippen LogP contribution in [0.5, 0.6) is 0 Å². The van der Waals surface area contributed by atoms with Crippen LogP contribution in [0.2, 0.25) is 0 Å². The van der Waals surface area contributed by atoms with Crippen molar-refractivity contribution in [3.8, 4) is 0 Å². The molecule has 0 saturated carbocycles. The molecule has 1 aliphatic rings. The van der Waals surface area contributed by atoms with Crippen molar-refractivity contribution in [2.45, 2.75) is 26.1 Å². The molecular formula is C16H19FN4O3S. The fourth-order valence-corrected chi connectivity index (χ4v) is 3.59. The Bertz CT molecular complexity index is 895. The standard InChI is InChI=1S/C16H19FN4O3S/c1-25(23,24)20-6-3-7-21-15(11-20)9-14(19-21)10-18-16(22)12-4-2-5-13(17)8-12/h2,4-5,8-9H,3,6-7,10-11H2,1H3,(H,18,22). The molecule has 25 heavy (non-hydrogen) atoms. The number of sulfonamides is 1. The highest BCUT2D eigenvalue weighted by atomic mass is 32.2. The molecule has 7 nitrogen and oxygen atoms in total. The third kappa shape index (κ3) is 4.23. The molecule has 1 amide bonds. The van der Waals surface area contributed by atoms with E-state index in [-0.39, 0.29) is 24.6 Å². The van der Waals surface area contributed by atoms with Crippen molar-refractivity contribution in [3.63, 3.8) is 0 Å². The van der Waals surface area contributed by atoms with Crippen molar-refractivity contribution in [1.29, 1.82) is 0 Å². The fourth-order valence-electron chi connectivity index (χ4n) is 2.76. The molecule has 0 aliphatic carbocycles. The molecule has 0 radical (unpaired) electrons. The van der Waals surface area contributed by atoms with Gasteiger partial charge < -0.3 is 5.32 Å². The van der Waals surface area contributed by atoms with Crippen molar-refractivity contribution in [2.24, 2.45) is 0 Å². The Hall–Kier alpha value is -2.26. The summed E-state index contributed by atoms with van der Waals surface area (Å²) in [4.78, 5) is 12.1. The number of carbonyl (C=O) groups is 1. The van der Waals surface area contributed by atoms with Crippen molar-refractivity contribution in [1.82, 2.24) is 19.4 Å². The fraction of sp³-hybridized carbons (Fsp3) is 0.375. The summed E-state index contributed by atoms with van der Waals surface area (Å²) < 4.78 is 39.9. The number of aryl methyl sites for hydroxylation is 1. The SMILES string of the molecule is CS(=O)(=O)N1CCCn2nc(CNC(=O)c3cccc(F)c3)cc2C1. The lowest BCUT2D eigenvalue weighted by molar-refractivity contribution is 0.0950. The van der Waals surface area contributed by atoms with E-state index in [9.17, 15) is 17.6 Å². The maximum Gasteiger partial charge on any atom is 0.251 e. The second kappa shape index (κ2) is 6.93. The van der Waals surface area contributed by atoms with Gasteiger partial charge in [-0.3, -0.25) is 9.48 Å². The lowest BCUT2D eigenvalue weighted by atomic mass is 10.2. The maximum absolute atomic E-state index is 13.2. The molecule has 0 fully saturated rings. The summed E-state index contributed by atoms with van der Waals surface area (Å²) in [5, 5.41) is 7.11.